The molecule has 0 unspecified atom stereocenters. The number of aromatic hydroxyl groups is 1. The Morgan fingerprint density at radius 2 is 1.53 bits per heavy atom. The van der Waals surface area contributed by atoms with Crippen molar-refractivity contribution in [3.05, 3.63) is 69.1 Å². The molecule has 3 rings (SSSR count). The van der Waals surface area contributed by atoms with Crippen LogP contribution in [0.25, 0.3) is 11.1 Å². The van der Waals surface area contributed by atoms with Crippen LogP contribution >= 0.6 is 11.3 Å². The van der Waals surface area contributed by atoms with Crippen LogP contribution in [-0.2, 0) is 15.6 Å². The fourth-order valence-corrected chi connectivity index (χ4v) is 5.20. The van der Waals surface area contributed by atoms with Crippen molar-refractivity contribution in [1.29, 1.82) is 0 Å². The third kappa shape index (κ3) is 5.65. The van der Waals surface area contributed by atoms with Crippen LogP contribution in [0.4, 0.5) is 5.00 Å². The number of anilines is 1. The summed E-state index contributed by atoms with van der Waals surface area (Å²) < 4.78 is 5.37. The summed E-state index contributed by atoms with van der Waals surface area (Å²) in [7, 11) is 0. The number of aryl methyl sites for hydroxylation is 2. The average Bonchev–Trinajstić information content (AvgIpc) is 3.15. The van der Waals surface area contributed by atoms with E-state index in [2.05, 4.69) is 11.4 Å². The number of amides is 1. The molecule has 1 amide bonds. The lowest BCUT2D eigenvalue weighted by molar-refractivity contribution is 0.0529. The molecule has 0 aliphatic carbocycles. The van der Waals surface area contributed by atoms with Crippen molar-refractivity contribution in [3.8, 4) is 16.9 Å². The van der Waals surface area contributed by atoms with E-state index in [0.29, 0.717) is 27.3 Å². The zero-order valence-electron chi connectivity index (χ0n) is 22.8. The number of esters is 1. The number of hydrogen-bond acceptors (Lipinski definition) is 5. The van der Waals surface area contributed by atoms with Crippen molar-refractivity contribution in [1.82, 2.24) is 0 Å². The maximum Gasteiger partial charge on any atom is 0.341 e. The van der Waals surface area contributed by atoms with Gasteiger partial charge in [-0.2, -0.15) is 0 Å². The molecule has 0 aliphatic rings. The molecule has 5 nitrogen and oxygen atoms in total. The van der Waals surface area contributed by atoms with Gasteiger partial charge in [0.15, 0.2) is 0 Å². The normalized spacial score (nSPS) is 11.9. The lowest BCUT2D eigenvalue weighted by atomic mass is 9.78. The standard InChI is InChI=1S/C30H37NO4S/c1-10-35-28(34)24-21(20-12-11-17(2)13-18(20)3)16-36-27(24)31-26(33)19-14-22(29(4,5)6)25(32)23(15-19)30(7,8)9/h11-16,32H,10H2,1-9H3,(H,31,33). The fourth-order valence-electron chi connectivity index (χ4n) is 4.25. The average molecular weight is 508 g/mol. The predicted octanol–water partition coefficient (Wildman–Crippen LogP) is 7.76. The van der Waals surface area contributed by atoms with Crippen molar-refractivity contribution in [2.45, 2.75) is 73.1 Å². The number of hydrogen-bond donors (Lipinski definition) is 2. The molecule has 1 aromatic heterocycles. The molecule has 36 heavy (non-hydrogen) atoms. The van der Waals surface area contributed by atoms with Crippen LogP contribution in [0.2, 0.25) is 0 Å². The number of rotatable bonds is 5. The highest BCUT2D eigenvalue weighted by Gasteiger charge is 2.29. The van der Waals surface area contributed by atoms with Gasteiger partial charge in [-0.1, -0.05) is 65.3 Å². The first-order valence-electron chi connectivity index (χ1n) is 12.2. The number of carbonyl (C=O) groups excluding carboxylic acids is 2. The van der Waals surface area contributed by atoms with E-state index in [1.54, 1.807) is 19.1 Å². The molecule has 0 spiro atoms. The first-order chi connectivity index (χ1) is 16.6. The maximum absolute atomic E-state index is 13.5. The molecular formula is C30H37NO4S. The van der Waals surface area contributed by atoms with E-state index in [9.17, 15) is 14.7 Å². The Morgan fingerprint density at radius 1 is 0.944 bits per heavy atom. The Bertz CT molecular complexity index is 1270. The van der Waals surface area contributed by atoms with Crippen molar-refractivity contribution < 1.29 is 19.4 Å². The Balaban J connectivity index is 2.12. The second kappa shape index (κ2) is 10.1. The molecule has 1 heterocycles. The Kier molecular flexibility index (Phi) is 7.70. The number of carbonyl (C=O) groups is 2. The molecule has 0 radical (unpaired) electrons. The van der Waals surface area contributed by atoms with Gasteiger partial charge in [-0.25, -0.2) is 4.79 Å². The fraction of sp³-hybridized carbons (Fsp3) is 0.400. The number of nitrogens with one attached hydrogen (secondary N) is 1. The van der Waals surface area contributed by atoms with Gasteiger partial charge in [0, 0.05) is 27.6 Å². The zero-order valence-corrected chi connectivity index (χ0v) is 23.6. The molecular weight excluding hydrogens is 470 g/mol. The van der Waals surface area contributed by atoms with Crippen molar-refractivity contribution in [2.75, 3.05) is 11.9 Å². The van der Waals surface area contributed by atoms with Crippen LogP contribution in [0, 0.1) is 13.8 Å². The summed E-state index contributed by atoms with van der Waals surface area (Å²) in [6, 6.07) is 9.54. The highest BCUT2D eigenvalue weighted by molar-refractivity contribution is 7.15. The molecule has 0 fully saturated rings. The third-order valence-corrected chi connectivity index (χ3v) is 7.05. The van der Waals surface area contributed by atoms with E-state index in [-0.39, 0.29) is 29.1 Å². The van der Waals surface area contributed by atoms with Gasteiger partial charge in [0.25, 0.3) is 5.91 Å². The Labute approximate surface area is 218 Å². The number of phenols is 1. The van der Waals surface area contributed by atoms with Crippen LogP contribution in [0.3, 0.4) is 0 Å². The van der Waals surface area contributed by atoms with Gasteiger partial charge in [0.1, 0.15) is 16.3 Å². The van der Waals surface area contributed by atoms with Crippen molar-refractivity contribution in [3.63, 3.8) is 0 Å². The zero-order chi connectivity index (χ0) is 27.0. The number of phenolic OH excluding ortho intramolecular Hbond substituents is 1. The third-order valence-electron chi connectivity index (χ3n) is 6.16. The largest absolute Gasteiger partial charge is 0.507 e. The molecule has 2 aromatic carbocycles. The number of benzene rings is 2. The number of ether oxygens (including phenoxy) is 1. The molecule has 0 saturated heterocycles. The maximum atomic E-state index is 13.5. The SMILES string of the molecule is CCOC(=O)c1c(-c2ccc(C)cc2C)csc1NC(=O)c1cc(C(C)(C)C)c(O)c(C(C)(C)C)c1. The van der Waals surface area contributed by atoms with Crippen LogP contribution < -0.4 is 5.32 Å². The van der Waals surface area contributed by atoms with E-state index in [1.807, 2.05) is 72.9 Å². The lowest BCUT2D eigenvalue weighted by Crippen LogP contribution is -2.21. The molecule has 6 heteroatoms. The minimum atomic E-state index is -0.472. The Hall–Kier alpha value is -3.12. The second-order valence-electron chi connectivity index (χ2n) is 11.3. The van der Waals surface area contributed by atoms with E-state index in [0.717, 1.165) is 22.3 Å². The lowest BCUT2D eigenvalue weighted by Gasteiger charge is -2.28. The van der Waals surface area contributed by atoms with Crippen LogP contribution in [0.5, 0.6) is 5.75 Å². The minimum absolute atomic E-state index is 0.215. The van der Waals surface area contributed by atoms with Crippen molar-refractivity contribution in [2.24, 2.45) is 0 Å². The quantitative estimate of drug-likeness (QED) is 0.346. The van der Waals surface area contributed by atoms with E-state index in [4.69, 9.17) is 4.74 Å². The molecule has 0 aliphatic heterocycles. The highest BCUT2D eigenvalue weighted by atomic mass is 32.1. The van der Waals surface area contributed by atoms with Gasteiger partial charge in [0.05, 0.1) is 6.61 Å². The van der Waals surface area contributed by atoms with Gasteiger partial charge >= 0.3 is 5.97 Å². The minimum Gasteiger partial charge on any atom is -0.507 e. The summed E-state index contributed by atoms with van der Waals surface area (Å²) in [4.78, 5) is 26.6. The Morgan fingerprint density at radius 3 is 2.03 bits per heavy atom. The van der Waals surface area contributed by atoms with Gasteiger partial charge in [-0.3, -0.25) is 4.79 Å². The van der Waals surface area contributed by atoms with E-state index < -0.39 is 5.97 Å². The summed E-state index contributed by atoms with van der Waals surface area (Å²) in [6.07, 6.45) is 0. The molecule has 0 saturated carbocycles. The topological polar surface area (TPSA) is 75.6 Å². The van der Waals surface area contributed by atoms with Crippen LogP contribution in [0.1, 0.15) is 91.4 Å². The second-order valence-corrected chi connectivity index (χ2v) is 12.1. The summed E-state index contributed by atoms with van der Waals surface area (Å²) in [5, 5.41) is 16.3. The summed E-state index contributed by atoms with van der Waals surface area (Å²) in [6.45, 7) is 18.1. The van der Waals surface area contributed by atoms with Crippen LogP contribution in [-0.4, -0.2) is 23.6 Å². The van der Waals surface area contributed by atoms with Crippen LogP contribution in [0.15, 0.2) is 35.7 Å². The highest BCUT2D eigenvalue weighted by Crippen LogP contribution is 2.41. The smallest absolute Gasteiger partial charge is 0.341 e. The van der Waals surface area contributed by atoms with Gasteiger partial charge in [0.2, 0.25) is 0 Å². The van der Waals surface area contributed by atoms with E-state index in [1.165, 1.54) is 11.3 Å². The van der Waals surface area contributed by atoms with Gasteiger partial charge in [-0.15, -0.1) is 11.3 Å². The van der Waals surface area contributed by atoms with Gasteiger partial charge < -0.3 is 15.2 Å². The molecule has 0 atom stereocenters. The summed E-state index contributed by atoms with van der Waals surface area (Å²) >= 11 is 1.30. The summed E-state index contributed by atoms with van der Waals surface area (Å²) in [5.41, 5.74) is 5.30. The molecule has 192 valence electrons. The molecule has 2 N–H and O–H groups in total. The predicted molar refractivity (Wildman–Crippen MR) is 149 cm³/mol. The first-order valence-corrected chi connectivity index (χ1v) is 13.1. The van der Waals surface area contributed by atoms with Crippen molar-refractivity contribution >= 4 is 28.2 Å². The monoisotopic (exact) mass is 507 g/mol. The molecule has 0 bridgehead atoms. The molecule has 3 aromatic rings. The van der Waals surface area contributed by atoms with Gasteiger partial charge in [-0.05, 0) is 54.9 Å². The van der Waals surface area contributed by atoms with E-state index >= 15 is 0 Å². The first kappa shape index (κ1) is 27.5. The summed E-state index contributed by atoms with van der Waals surface area (Å²) in [5.74, 6) is -0.599. The number of thiophene rings is 1.